The number of nitrogens with zero attached hydrogens (tertiary/aromatic N) is 4. The summed E-state index contributed by atoms with van der Waals surface area (Å²) in [5, 5.41) is 21.2. The van der Waals surface area contributed by atoms with Crippen LogP contribution in [0.3, 0.4) is 0 Å². The van der Waals surface area contributed by atoms with Crippen LogP contribution in [0.2, 0.25) is 0 Å². The van der Waals surface area contributed by atoms with Crippen LogP contribution in [0.4, 0.5) is 25.1 Å². The van der Waals surface area contributed by atoms with Crippen LogP contribution in [0.15, 0.2) is 18.5 Å². The van der Waals surface area contributed by atoms with Gasteiger partial charge in [-0.15, -0.1) is 0 Å². The lowest BCUT2D eigenvalue weighted by molar-refractivity contribution is 0.141. The predicted molar refractivity (Wildman–Crippen MR) is 70.1 cm³/mol. The molecule has 2 amide bonds. The van der Waals surface area contributed by atoms with E-state index >= 15 is 0 Å². The number of amides is 2. The Labute approximate surface area is 118 Å². The lowest BCUT2D eigenvalue weighted by Gasteiger charge is -2.09. The largest absolute Gasteiger partial charge is 0.394 e. The monoisotopic (exact) mass is 300 g/mol. The van der Waals surface area contributed by atoms with E-state index in [-0.39, 0.29) is 24.5 Å². The molecule has 21 heavy (non-hydrogen) atoms. The summed E-state index contributed by atoms with van der Waals surface area (Å²) < 4.78 is 28.0. The number of anilines is 2. The Morgan fingerprint density at radius 3 is 2.86 bits per heavy atom. The van der Waals surface area contributed by atoms with Gasteiger partial charge >= 0.3 is 6.03 Å². The van der Waals surface area contributed by atoms with Gasteiger partial charge in [-0.1, -0.05) is 0 Å². The first-order valence-corrected chi connectivity index (χ1v) is 6.03. The number of alkyl halides is 2. The van der Waals surface area contributed by atoms with Gasteiger partial charge in [0, 0.05) is 13.1 Å². The van der Waals surface area contributed by atoms with Crippen LogP contribution in [0, 0.1) is 0 Å². The number of halogens is 2. The van der Waals surface area contributed by atoms with Crippen molar-refractivity contribution in [3.05, 3.63) is 24.2 Å². The third-order valence-corrected chi connectivity index (χ3v) is 2.71. The minimum absolute atomic E-state index is 0.0711. The maximum absolute atomic E-state index is 12.8. The quantitative estimate of drug-likeness (QED) is 0.772. The maximum atomic E-state index is 12.8. The molecule has 0 saturated heterocycles. The zero-order valence-corrected chi connectivity index (χ0v) is 11.1. The molecule has 114 valence electrons. The topological polar surface area (TPSA) is 97.0 Å². The van der Waals surface area contributed by atoms with E-state index in [4.69, 9.17) is 5.11 Å². The molecule has 0 fully saturated rings. The smallest absolute Gasteiger partial charge is 0.324 e. The number of urea groups is 1. The van der Waals surface area contributed by atoms with E-state index in [1.165, 1.54) is 24.0 Å². The highest BCUT2D eigenvalue weighted by molar-refractivity contribution is 5.99. The van der Waals surface area contributed by atoms with Gasteiger partial charge in [-0.25, -0.2) is 18.3 Å². The lowest BCUT2D eigenvalue weighted by atomic mass is 10.4. The van der Waals surface area contributed by atoms with E-state index in [9.17, 15) is 13.6 Å². The number of nitrogens with one attached hydrogen (secondary N) is 2. The summed E-state index contributed by atoms with van der Waals surface area (Å²) in [6, 6.07) is 0.816. The Hall–Kier alpha value is -2.49. The fourth-order valence-electron chi connectivity index (χ4n) is 1.78. The lowest BCUT2D eigenvalue weighted by Crippen LogP contribution is -2.22. The molecule has 0 aliphatic rings. The van der Waals surface area contributed by atoms with E-state index in [1.54, 1.807) is 0 Å². The van der Waals surface area contributed by atoms with Crippen molar-refractivity contribution >= 4 is 17.5 Å². The van der Waals surface area contributed by atoms with Crippen molar-refractivity contribution in [3.63, 3.8) is 0 Å². The summed E-state index contributed by atoms with van der Waals surface area (Å²) in [6.07, 6.45) is -0.167. The summed E-state index contributed by atoms with van der Waals surface area (Å²) in [6.45, 7) is 0.0634. The number of hydrogen-bond acceptors (Lipinski definition) is 4. The molecule has 0 radical (unpaired) electrons. The molecular formula is C11H14F2N6O2. The first-order chi connectivity index (χ1) is 10.0. The molecule has 0 unspecified atom stereocenters. The number of aryl methyl sites for hydroxylation is 1. The zero-order valence-electron chi connectivity index (χ0n) is 11.1. The minimum atomic E-state index is -2.76. The Bertz CT molecular complexity index is 624. The Morgan fingerprint density at radius 2 is 2.19 bits per heavy atom. The van der Waals surface area contributed by atoms with Gasteiger partial charge in [-0.05, 0) is 0 Å². The average molecular weight is 300 g/mol. The molecule has 3 N–H and O–H groups in total. The number of hydrogen-bond donors (Lipinski definition) is 3. The van der Waals surface area contributed by atoms with Crippen molar-refractivity contribution in [2.75, 3.05) is 17.2 Å². The van der Waals surface area contributed by atoms with Gasteiger partial charge in [0.1, 0.15) is 11.5 Å². The number of carbonyl (C=O) groups is 1. The van der Waals surface area contributed by atoms with Crippen molar-refractivity contribution < 1.29 is 18.7 Å². The van der Waals surface area contributed by atoms with E-state index in [1.807, 2.05) is 0 Å². The molecule has 2 rings (SSSR count). The van der Waals surface area contributed by atoms with Gasteiger partial charge < -0.3 is 10.4 Å². The molecule has 0 aliphatic heterocycles. The first-order valence-electron chi connectivity index (χ1n) is 6.03. The van der Waals surface area contributed by atoms with Crippen LogP contribution in [-0.4, -0.2) is 37.3 Å². The molecule has 0 saturated carbocycles. The molecule has 0 aromatic carbocycles. The molecule has 2 aromatic rings. The summed E-state index contributed by atoms with van der Waals surface area (Å²) in [7, 11) is 1.36. The summed E-state index contributed by atoms with van der Waals surface area (Å²) in [4.78, 5) is 11.8. The summed E-state index contributed by atoms with van der Waals surface area (Å²) in [5.41, 5.74) is -0.452. The van der Waals surface area contributed by atoms with Crippen LogP contribution >= 0.6 is 0 Å². The van der Waals surface area contributed by atoms with E-state index < -0.39 is 12.5 Å². The van der Waals surface area contributed by atoms with E-state index in [0.29, 0.717) is 5.82 Å². The van der Waals surface area contributed by atoms with Gasteiger partial charge in [0.05, 0.1) is 31.2 Å². The van der Waals surface area contributed by atoms with E-state index in [0.717, 1.165) is 10.9 Å². The number of aromatic nitrogens is 4. The molecule has 10 heteroatoms. The fraction of sp³-hybridized carbons (Fsp3) is 0.364. The zero-order chi connectivity index (χ0) is 15.4. The minimum Gasteiger partial charge on any atom is -0.394 e. The van der Waals surface area contributed by atoms with Gasteiger partial charge in [-0.2, -0.15) is 10.2 Å². The number of aliphatic hydroxyl groups excluding tert-OH is 1. The summed E-state index contributed by atoms with van der Waals surface area (Å²) >= 11 is 0. The normalized spacial score (nSPS) is 10.9. The molecule has 8 nitrogen and oxygen atoms in total. The van der Waals surface area contributed by atoms with Crippen molar-refractivity contribution in [2.24, 2.45) is 7.05 Å². The Morgan fingerprint density at radius 1 is 1.43 bits per heavy atom. The van der Waals surface area contributed by atoms with Crippen molar-refractivity contribution in [1.29, 1.82) is 0 Å². The SMILES string of the molecule is Cn1ncc(NC(=O)Nc2ccnn2CCO)c1C(F)F. The highest BCUT2D eigenvalue weighted by atomic mass is 19.3. The third kappa shape index (κ3) is 3.34. The standard InChI is InChI=1S/C11H14F2N6O2/c1-18-9(10(12)13)7(6-15-18)16-11(21)17-8-2-3-14-19(8)4-5-20/h2-3,6,10,20H,4-5H2,1H3,(H2,16,17,21). The maximum Gasteiger partial charge on any atom is 0.324 e. The van der Waals surface area contributed by atoms with Crippen LogP contribution < -0.4 is 10.6 Å². The van der Waals surface area contributed by atoms with Gasteiger partial charge in [0.25, 0.3) is 6.43 Å². The highest BCUT2D eigenvalue weighted by Crippen LogP contribution is 2.26. The number of aliphatic hydroxyl groups is 1. The molecule has 2 heterocycles. The molecule has 2 aromatic heterocycles. The highest BCUT2D eigenvalue weighted by Gasteiger charge is 2.20. The van der Waals surface area contributed by atoms with Crippen LogP contribution in [0.1, 0.15) is 12.1 Å². The second kappa shape index (κ2) is 6.31. The molecule has 0 atom stereocenters. The molecule has 0 spiro atoms. The molecule has 0 aliphatic carbocycles. The third-order valence-electron chi connectivity index (χ3n) is 2.71. The van der Waals surface area contributed by atoms with Gasteiger partial charge in [-0.3, -0.25) is 10.00 Å². The van der Waals surface area contributed by atoms with Crippen LogP contribution in [-0.2, 0) is 13.6 Å². The summed E-state index contributed by atoms with van der Waals surface area (Å²) in [5.74, 6) is 0.337. The average Bonchev–Trinajstić information content (AvgIpc) is 2.97. The van der Waals surface area contributed by atoms with Crippen LogP contribution in [0.5, 0.6) is 0 Å². The second-order valence-corrected chi connectivity index (χ2v) is 4.11. The first kappa shape index (κ1) is 14.9. The van der Waals surface area contributed by atoms with Crippen molar-refractivity contribution in [2.45, 2.75) is 13.0 Å². The van der Waals surface area contributed by atoms with E-state index in [2.05, 4.69) is 20.8 Å². The number of rotatable bonds is 5. The van der Waals surface area contributed by atoms with Crippen molar-refractivity contribution in [1.82, 2.24) is 19.6 Å². The van der Waals surface area contributed by atoms with Crippen LogP contribution in [0.25, 0.3) is 0 Å². The second-order valence-electron chi connectivity index (χ2n) is 4.11. The Balaban J connectivity index is 2.07. The van der Waals surface area contributed by atoms with Gasteiger partial charge in [0.15, 0.2) is 0 Å². The molecular weight excluding hydrogens is 286 g/mol. The number of carbonyl (C=O) groups excluding carboxylic acids is 1. The fourth-order valence-corrected chi connectivity index (χ4v) is 1.78. The van der Waals surface area contributed by atoms with Gasteiger partial charge in [0.2, 0.25) is 0 Å². The molecule has 0 bridgehead atoms. The van der Waals surface area contributed by atoms with Crippen molar-refractivity contribution in [3.8, 4) is 0 Å². The predicted octanol–water partition coefficient (Wildman–Crippen LogP) is 1.19. The Kier molecular flexibility index (Phi) is 4.48.